The average Bonchev–Trinajstić information content (AvgIpc) is 3.22. The maximum atomic E-state index is 12.8. The van der Waals surface area contributed by atoms with Crippen molar-refractivity contribution < 1.29 is 9.32 Å². The van der Waals surface area contributed by atoms with Gasteiger partial charge in [-0.25, -0.2) is 0 Å². The number of fused-ring (bicyclic) bond motifs is 1. The van der Waals surface area contributed by atoms with Gasteiger partial charge in [0.1, 0.15) is 0 Å². The van der Waals surface area contributed by atoms with Crippen molar-refractivity contribution >= 4 is 5.91 Å². The van der Waals surface area contributed by atoms with Crippen LogP contribution in [0.4, 0.5) is 0 Å². The SMILES string of the molecule is Cc1nc([C@H]2CCCN(C(=O)c3n[nH]c4c3CCC4)C2)no1. The predicted octanol–water partition coefficient (Wildman–Crippen LogP) is 1.61. The second kappa shape index (κ2) is 5.23. The number of carbonyl (C=O) groups is 1. The third-order valence-electron chi connectivity index (χ3n) is 4.63. The number of piperidine rings is 1. The number of aromatic nitrogens is 4. The molecule has 0 spiro atoms. The van der Waals surface area contributed by atoms with E-state index in [1.807, 2.05) is 4.90 Å². The number of likely N-dealkylation sites (tertiary alicyclic amines) is 1. The zero-order valence-electron chi connectivity index (χ0n) is 12.6. The minimum Gasteiger partial charge on any atom is -0.340 e. The first kappa shape index (κ1) is 13.5. The van der Waals surface area contributed by atoms with Gasteiger partial charge >= 0.3 is 0 Å². The number of aryl methyl sites for hydroxylation is 2. The summed E-state index contributed by atoms with van der Waals surface area (Å²) in [4.78, 5) is 19.0. The quantitative estimate of drug-likeness (QED) is 0.910. The molecule has 1 amide bonds. The molecule has 1 atom stereocenters. The number of carbonyl (C=O) groups excluding carboxylic acids is 1. The molecule has 0 radical (unpaired) electrons. The van der Waals surface area contributed by atoms with Crippen molar-refractivity contribution in [3.63, 3.8) is 0 Å². The van der Waals surface area contributed by atoms with Gasteiger partial charge in [0.2, 0.25) is 5.89 Å². The summed E-state index contributed by atoms with van der Waals surface area (Å²) in [5, 5.41) is 11.3. The number of hydrogen-bond acceptors (Lipinski definition) is 5. The van der Waals surface area contributed by atoms with Gasteiger partial charge in [-0.15, -0.1) is 0 Å². The standard InChI is InChI=1S/C15H19N5O2/c1-9-16-14(19-22-9)10-4-3-7-20(8-10)15(21)13-11-5-2-6-12(11)17-18-13/h10H,2-8H2,1H3,(H,17,18)/t10-/m0/s1. The maximum absolute atomic E-state index is 12.8. The van der Waals surface area contributed by atoms with Crippen molar-refractivity contribution in [1.82, 2.24) is 25.2 Å². The fourth-order valence-corrected chi connectivity index (χ4v) is 3.50. The first-order valence-corrected chi connectivity index (χ1v) is 7.88. The molecule has 2 aromatic heterocycles. The molecule has 1 aliphatic heterocycles. The molecular formula is C15H19N5O2. The Kier molecular flexibility index (Phi) is 3.20. The largest absolute Gasteiger partial charge is 0.340 e. The van der Waals surface area contributed by atoms with Gasteiger partial charge in [-0.05, 0) is 32.1 Å². The van der Waals surface area contributed by atoms with E-state index in [1.54, 1.807) is 6.92 Å². The average molecular weight is 301 g/mol. The normalized spacial score (nSPS) is 21.1. The van der Waals surface area contributed by atoms with Crippen LogP contribution in [0.25, 0.3) is 0 Å². The Labute approximate surface area is 128 Å². The Morgan fingerprint density at radius 1 is 1.36 bits per heavy atom. The van der Waals surface area contributed by atoms with Crippen molar-refractivity contribution in [2.24, 2.45) is 0 Å². The molecule has 1 aliphatic carbocycles. The molecule has 1 saturated heterocycles. The zero-order chi connectivity index (χ0) is 15.1. The number of nitrogens with zero attached hydrogens (tertiary/aromatic N) is 4. The molecule has 0 bridgehead atoms. The van der Waals surface area contributed by atoms with E-state index >= 15 is 0 Å². The summed E-state index contributed by atoms with van der Waals surface area (Å²) in [5.41, 5.74) is 2.85. The molecule has 1 fully saturated rings. The smallest absolute Gasteiger partial charge is 0.274 e. The summed E-state index contributed by atoms with van der Waals surface area (Å²) < 4.78 is 5.06. The molecule has 7 heteroatoms. The van der Waals surface area contributed by atoms with Crippen LogP contribution in [0, 0.1) is 6.92 Å². The lowest BCUT2D eigenvalue weighted by molar-refractivity contribution is 0.0696. The molecule has 2 aromatic rings. The second-order valence-electron chi connectivity index (χ2n) is 6.14. The fourth-order valence-electron chi connectivity index (χ4n) is 3.50. The molecule has 116 valence electrons. The Bertz CT molecular complexity index is 705. The van der Waals surface area contributed by atoms with E-state index in [4.69, 9.17) is 4.52 Å². The summed E-state index contributed by atoms with van der Waals surface area (Å²) in [6, 6.07) is 0. The third-order valence-corrected chi connectivity index (χ3v) is 4.63. The summed E-state index contributed by atoms with van der Waals surface area (Å²) in [6.07, 6.45) is 5.00. The Hall–Kier alpha value is -2.18. The monoisotopic (exact) mass is 301 g/mol. The van der Waals surface area contributed by atoms with Crippen LogP contribution in [-0.2, 0) is 12.8 Å². The van der Waals surface area contributed by atoms with Crippen LogP contribution in [-0.4, -0.2) is 44.2 Å². The van der Waals surface area contributed by atoms with Gasteiger partial charge in [-0.3, -0.25) is 9.89 Å². The van der Waals surface area contributed by atoms with Crippen LogP contribution in [0.5, 0.6) is 0 Å². The van der Waals surface area contributed by atoms with Crippen molar-refractivity contribution in [2.75, 3.05) is 13.1 Å². The number of nitrogens with one attached hydrogen (secondary N) is 1. The summed E-state index contributed by atoms with van der Waals surface area (Å²) in [6.45, 7) is 3.20. The van der Waals surface area contributed by atoms with Gasteiger partial charge in [-0.2, -0.15) is 10.1 Å². The molecule has 0 saturated carbocycles. The highest BCUT2D eigenvalue weighted by molar-refractivity contribution is 5.94. The van der Waals surface area contributed by atoms with Gasteiger partial charge in [0, 0.05) is 37.2 Å². The van der Waals surface area contributed by atoms with E-state index in [9.17, 15) is 4.79 Å². The van der Waals surface area contributed by atoms with Crippen molar-refractivity contribution in [2.45, 2.75) is 44.9 Å². The van der Waals surface area contributed by atoms with Crippen LogP contribution < -0.4 is 0 Å². The van der Waals surface area contributed by atoms with E-state index in [2.05, 4.69) is 20.3 Å². The Morgan fingerprint density at radius 3 is 3.09 bits per heavy atom. The highest BCUT2D eigenvalue weighted by Crippen LogP contribution is 2.28. The van der Waals surface area contributed by atoms with Crippen LogP contribution in [0.15, 0.2) is 4.52 Å². The van der Waals surface area contributed by atoms with Gasteiger partial charge in [0.05, 0.1) is 0 Å². The minimum atomic E-state index is 0.0318. The van der Waals surface area contributed by atoms with Crippen LogP contribution in [0.3, 0.4) is 0 Å². The summed E-state index contributed by atoms with van der Waals surface area (Å²) in [7, 11) is 0. The Balaban J connectivity index is 1.53. The van der Waals surface area contributed by atoms with Gasteiger partial charge < -0.3 is 9.42 Å². The second-order valence-corrected chi connectivity index (χ2v) is 6.14. The van der Waals surface area contributed by atoms with E-state index < -0.39 is 0 Å². The first-order chi connectivity index (χ1) is 10.7. The van der Waals surface area contributed by atoms with Crippen LogP contribution in [0.1, 0.15) is 58.6 Å². The highest BCUT2D eigenvalue weighted by Gasteiger charge is 2.31. The molecule has 1 N–H and O–H groups in total. The van der Waals surface area contributed by atoms with E-state index in [0.717, 1.165) is 49.9 Å². The molecule has 7 nitrogen and oxygen atoms in total. The maximum Gasteiger partial charge on any atom is 0.274 e. The van der Waals surface area contributed by atoms with E-state index in [0.29, 0.717) is 24.0 Å². The highest BCUT2D eigenvalue weighted by atomic mass is 16.5. The molecule has 22 heavy (non-hydrogen) atoms. The molecule has 3 heterocycles. The fraction of sp³-hybridized carbons (Fsp3) is 0.600. The third kappa shape index (κ3) is 2.20. The van der Waals surface area contributed by atoms with Crippen molar-refractivity contribution in [3.8, 4) is 0 Å². The molecule has 4 rings (SSSR count). The molecular weight excluding hydrogens is 282 g/mol. The molecule has 0 unspecified atom stereocenters. The molecule has 2 aliphatic rings. The minimum absolute atomic E-state index is 0.0318. The number of amides is 1. The van der Waals surface area contributed by atoms with Crippen molar-refractivity contribution in [1.29, 1.82) is 0 Å². The van der Waals surface area contributed by atoms with E-state index in [1.165, 1.54) is 0 Å². The van der Waals surface area contributed by atoms with E-state index in [-0.39, 0.29) is 11.8 Å². The van der Waals surface area contributed by atoms with Gasteiger partial charge in [0.15, 0.2) is 11.5 Å². The van der Waals surface area contributed by atoms with Crippen LogP contribution in [0.2, 0.25) is 0 Å². The first-order valence-electron chi connectivity index (χ1n) is 7.88. The zero-order valence-corrected chi connectivity index (χ0v) is 12.6. The summed E-state index contributed by atoms with van der Waals surface area (Å²) >= 11 is 0. The summed E-state index contributed by atoms with van der Waals surface area (Å²) in [5.74, 6) is 1.47. The van der Waals surface area contributed by atoms with Gasteiger partial charge in [-0.1, -0.05) is 5.16 Å². The van der Waals surface area contributed by atoms with Crippen molar-refractivity contribution in [3.05, 3.63) is 28.7 Å². The number of aromatic amines is 1. The van der Waals surface area contributed by atoms with Gasteiger partial charge in [0.25, 0.3) is 5.91 Å². The lowest BCUT2D eigenvalue weighted by Gasteiger charge is -2.31. The Morgan fingerprint density at radius 2 is 2.27 bits per heavy atom. The predicted molar refractivity (Wildman–Crippen MR) is 77.5 cm³/mol. The van der Waals surface area contributed by atoms with Crippen LogP contribution >= 0.6 is 0 Å². The number of H-pyrrole nitrogens is 1. The number of rotatable bonds is 2. The molecule has 0 aromatic carbocycles. The lowest BCUT2D eigenvalue weighted by Crippen LogP contribution is -2.39. The lowest BCUT2D eigenvalue weighted by atomic mass is 9.97. The number of hydrogen-bond donors (Lipinski definition) is 1. The topological polar surface area (TPSA) is 87.9 Å².